The molecule has 0 spiro atoms. The molecular formula is C19H27N3O3S. The van der Waals surface area contributed by atoms with Gasteiger partial charge in [0.05, 0.1) is 10.6 Å². The van der Waals surface area contributed by atoms with Crippen LogP contribution in [-0.4, -0.2) is 49.0 Å². The maximum atomic E-state index is 12.9. The van der Waals surface area contributed by atoms with Crippen molar-refractivity contribution in [2.75, 3.05) is 26.2 Å². The fourth-order valence-corrected chi connectivity index (χ4v) is 4.62. The molecule has 1 saturated heterocycles. The van der Waals surface area contributed by atoms with E-state index in [0.717, 1.165) is 17.9 Å². The summed E-state index contributed by atoms with van der Waals surface area (Å²) in [5, 5.41) is 4.01. The molecule has 3 rings (SSSR count). The summed E-state index contributed by atoms with van der Waals surface area (Å²) in [4.78, 5) is 2.58. The van der Waals surface area contributed by atoms with Crippen molar-refractivity contribution in [2.24, 2.45) is 0 Å². The van der Waals surface area contributed by atoms with Crippen molar-refractivity contribution in [1.82, 2.24) is 14.4 Å². The van der Waals surface area contributed by atoms with Gasteiger partial charge in [0.2, 0.25) is 10.0 Å². The van der Waals surface area contributed by atoms with Crippen LogP contribution in [0.5, 0.6) is 0 Å². The summed E-state index contributed by atoms with van der Waals surface area (Å²) in [6.45, 7) is 9.21. The molecule has 6 nitrogen and oxygen atoms in total. The van der Waals surface area contributed by atoms with Gasteiger partial charge in [-0.05, 0) is 37.0 Å². The Kier molecular flexibility index (Phi) is 5.79. The number of sulfonamides is 1. The summed E-state index contributed by atoms with van der Waals surface area (Å²) in [7, 11) is -3.43. The molecule has 1 aliphatic rings. The van der Waals surface area contributed by atoms with Gasteiger partial charge < -0.3 is 4.52 Å². The lowest BCUT2D eigenvalue weighted by Crippen LogP contribution is -2.48. The van der Waals surface area contributed by atoms with Crippen LogP contribution in [0.15, 0.2) is 39.8 Å². The van der Waals surface area contributed by atoms with Gasteiger partial charge in [-0.25, -0.2) is 8.42 Å². The highest BCUT2D eigenvalue weighted by atomic mass is 32.2. The van der Waals surface area contributed by atoms with Crippen LogP contribution < -0.4 is 0 Å². The molecule has 1 aliphatic heterocycles. The molecule has 7 heteroatoms. The summed E-state index contributed by atoms with van der Waals surface area (Å²) >= 11 is 0. The minimum absolute atomic E-state index is 0.380. The second kappa shape index (κ2) is 7.90. The Morgan fingerprint density at radius 3 is 2.35 bits per heavy atom. The Labute approximate surface area is 155 Å². The zero-order chi connectivity index (χ0) is 18.7. The van der Waals surface area contributed by atoms with Crippen LogP contribution in [0.1, 0.15) is 43.2 Å². The third kappa shape index (κ3) is 4.16. The Morgan fingerprint density at radius 2 is 1.81 bits per heavy atom. The van der Waals surface area contributed by atoms with Gasteiger partial charge in [-0.15, -0.1) is 0 Å². The van der Waals surface area contributed by atoms with Crippen LogP contribution in [0.25, 0.3) is 0 Å². The molecule has 142 valence electrons. The predicted molar refractivity (Wildman–Crippen MR) is 100 cm³/mol. The van der Waals surface area contributed by atoms with E-state index in [4.69, 9.17) is 4.52 Å². The predicted octanol–water partition coefficient (Wildman–Crippen LogP) is 3.00. The molecule has 1 atom stereocenters. The zero-order valence-corrected chi connectivity index (χ0v) is 16.5. The number of aromatic nitrogens is 1. The number of hydrogen-bond donors (Lipinski definition) is 0. The van der Waals surface area contributed by atoms with E-state index < -0.39 is 10.0 Å². The number of piperazine rings is 1. The normalized spacial score (nSPS) is 18.1. The Balaban J connectivity index is 1.62. The highest BCUT2D eigenvalue weighted by Gasteiger charge is 2.28. The SMILES string of the molecule is CCC(C)c1ccc(S(=O)(=O)N2CCN(Cc3cc(C)on3)CC2)cc1. The molecule has 0 radical (unpaired) electrons. The van der Waals surface area contributed by atoms with E-state index in [-0.39, 0.29) is 0 Å². The second-order valence-corrected chi connectivity index (χ2v) is 8.93. The van der Waals surface area contributed by atoms with Gasteiger partial charge >= 0.3 is 0 Å². The van der Waals surface area contributed by atoms with E-state index in [1.165, 1.54) is 5.56 Å². The standard InChI is InChI=1S/C19H27N3O3S/c1-4-15(2)17-5-7-19(8-6-17)26(23,24)22-11-9-21(10-12-22)14-18-13-16(3)25-20-18/h5-8,13,15H,4,9-12,14H2,1-3H3. The van der Waals surface area contributed by atoms with Gasteiger partial charge in [-0.3, -0.25) is 4.90 Å². The highest BCUT2D eigenvalue weighted by Crippen LogP contribution is 2.23. The molecule has 2 aromatic rings. The van der Waals surface area contributed by atoms with Crippen LogP contribution >= 0.6 is 0 Å². The summed E-state index contributed by atoms with van der Waals surface area (Å²) in [6.07, 6.45) is 1.04. The number of hydrogen-bond acceptors (Lipinski definition) is 5. The zero-order valence-electron chi connectivity index (χ0n) is 15.7. The van der Waals surface area contributed by atoms with Crippen LogP contribution in [0.2, 0.25) is 0 Å². The van der Waals surface area contributed by atoms with Crippen molar-refractivity contribution in [3.63, 3.8) is 0 Å². The number of rotatable bonds is 6. The van der Waals surface area contributed by atoms with E-state index in [0.29, 0.717) is 43.5 Å². The molecule has 1 aromatic heterocycles. The third-order valence-electron chi connectivity index (χ3n) is 5.09. The van der Waals surface area contributed by atoms with Crippen LogP contribution in [-0.2, 0) is 16.6 Å². The molecule has 1 unspecified atom stereocenters. The van der Waals surface area contributed by atoms with Crippen molar-refractivity contribution in [1.29, 1.82) is 0 Å². The van der Waals surface area contributed by atoms with E-state index in [1.807, 2.05) is 25.1 Å². The largest absolute Gasteiger partial charge is 0.361 e. The number of benzene rings is 1. The summed E-state index contributed by atoms with van der Waals surface area (Å²) in [5.74, 6) is 1.23. The third-order valence-corrected chi connectivity index (χ3v) is 7.01. The van der Waals surface area contributed by atoms with Crippen molar-refractivity contribution >= 4 is 10.0 Å². The molecule has 0 aliphatic carbocycles. The maximum Gasteiger partial charge on any atom is 0.243 e. The van der Waals surface area contributed by atoms with E-state index in [9.17, 15) is 8.42 Å². The van der Waals surface area contributed by atoms with Crippen LogP contribution in [0, 0.1) is 6.92 Å². The van der Waals surface area contributed by atoms with E-state index >= 15 is 0 Å². The molecule has 0 N–H and O–H groups in total. The quantitative estimate of drug-likeness (QED) is 0.774. The van der Waals surface area contributed by atoms with Crippen molar-refractivity contribution < 1.29 is 12.9 Å². The average molecular weight is 378 g/mol. The minimum atomic E-state index is -3.43. The van der Waals surface area contributed by atoms with Gasteiger partial charge in [-0.2, -0.15) is 4.31 Å². The topological polar surface area (TPSA) is 66.7 Å². The van der Waals surface area contributed by atoms with Gasteiger partial charge in [0.25, 0.3) is 0 Å². The molecule has 1 fully saturated rings. The molecule has 0 amide bonds. The first-order chi connectivity index (χ1) is 12.4. The molecule has 0 bridgehead atoms. The summed E-state index contributed by atoms with van der Waals surface area (Å²) in [5.41, 5.74) is 2.07. The van der Waals surface area contributed by atoms with E-state index in [2.05, 4.69) is 23.9 Å². The van der Waals surface area contributed by atoms with Crippen molar-refractivity contribution in [3.05, 3.63) is 47.3 Å². The molecule has 0 saturated carbocycles. The fourth-order valence-electron chi connectivity index (χ4n) is 3.20. The number of nitrogens with zero attached hydrogens (tertiary/aromatic N) is 3. The fraction of sp³-hybridized carbons (Fsp3) is 0.526. The van der Waals surface area contributed by atoms with Crippen molar-refractivity contribution in [2.45, 2.75) is 44.6 Å². The lowest BCUT2D eigenvalue weighted by molar-refractivity contribution is 0.177. The Hall–Kier alpha value is -1.70. The summed E-state index contributed by atoms with van der Waals surface area (Å²) in [6, 6.07) is 9.26. The number of aryl methyl sites for hydroxylation is 1. The first-order valence-corrected chi connectivity index (χ1v) is 10.6. The van der Waals surface area contributed by atoms with Crippen LogP contribution in [0.4, 0.5) is 0 Å². The Bertz CT molecular complexity index is 822. The van der Waals surface area contributed by atoms with Gasteiger partial charge in [-0.1, -0.05) is 31.1 Å². The maximum absolute atomic E-state index is 12.9. The molecule has 1 aromatic carbocycles. The lowest BCUT2D eigenvalue weighted by Gasteiger charge is -2.33. The minimum Gasteiger partial charge on any atom is -0.361 e. The van der Waals surface area contributed by atoms with Gasteiger partial charge in [0.15, 0.2) is 0 Å². The Morgan fingerprint density at radius 1 is 1.15 bits per heavy atom. The van der Waals surface area contributed by atoms with Crippen LogP contribution in [0.3, 0.4) is 0 Å². The lowest BCUT2D eigenvalue weighted by atomic mass is 9.99. The smallest absolute Gasteiger partial charge is 0.243 e. The van der Waals surface area contributed by atoms with E-state index in [1.54, 1.807) is 16.4 Å². The second-order valence-electron chi connectivity index (χ2n) is 6.99. The molecule has 26 heavy (non-hydrogen) atoms. The first-order valence-electron chi connectivity index (χ1n) is 9.15. The first kappa shape index (κ1) is 19.1. The average Bonchev–Trinajstić information content (AvgIpc) is 3.06. The monoisotopic (exact) mass is 377 g/mol. The van der Waals surface area contributed by atoms with Gasteiger partial charge in [0, 0.05) is 38.8 Å². The summed E-state index contributed by atoms with van der Waals surface area (Å²) < 4.78 is 32.4. The molecular weight excluding hydrogens is 350 g/mol. The van der Waals surface area contributed by atoms with Gasteiger partial charge in [0.1, 0.15) is 5.76 Å². The highest BCUT2D eigenvalue weighted by molar-refractivity contribution is 7.89. The molecule has 2 heterocycles. The van der Waals surface area contributed by atoms with Crippen molar-refractivity contribution in [3.8, 4) is 0 Å².